The van der Waals surface area contributed by atoms with E-state index < -0.39 is 5.60 Å². The first-order chi connectivity index (χ1) is 10.3. The molecule has 122 valence electrons. The fourth-order valence-corrected chi connectivity index (χ4v) is 2.73. The van der Waals surface area contributed by atoms with Gasteiger partial charge in [0.05, 0.1) is 13.2 Å². The molecule has 1 aromatic carbocycles. The maximum atomic E-state index is 12.5. The van der Waals surface area contributed by atoms with Crippen LogP contribution in [-0.4, -0.2) is 43.3 Å². The molecule has 2 rings (SSSR count). The second-order valence-electron chi connectivity index (χ2n) is 6.57. The van der Waals surface area contributed by atoms with E-state index >= 15 is 0 Å². The van der Waals surface area contributed by atoms with Crippen LogP contribution in [0.2, 0.25) is 0 Å². The largest absolute Gasteiger partial charge is 0.496 e. The smallest absolute Gasteiger partial charge is 0.410 e. The summed E-state index contributed by atoms with van der Waals surface area (Å²) in [5.74, 6) is 0.840. The Morgan fingerprint density at radius 1 is 1.36 bits per heavy atom. The van der Waals surface area contributed by atoms with Crippen LogP contribution in [0.1, 0.15) is 37.9 Å². The highest BCUT2D eigenvalue weighted by atomic mass is 16.6. The summed E-state index contributed by atoms with van der Waals surface area (Å²) in [6.07, 6.45) is -0.263. The lowest BCUT2D eigenvalue weighted by Gasteiger charge is -2.38. The first-order valence-electron chi connectivity index (χ1n) is 7.67. The van der Waals surface area contributed by atoms with Crippen molar-refractivity contribution in [1.82, 2.24) is 10.2 Å². The van der Waals surface area contributed by atoms with Crippen LogP contribution in [0.15, 0.2) is 18.2 Å². The number of amides is 1. The molecule has 1 unspecified atom stereocenters. The molecule has 1 N–H and O–H groups in total. The number of rotatable bonds is 2. The molecule has 0 radical (unpaired) electrons. The third-order valence-electron chi connectivity index (χ3n) is 3.78. The van der Waals surface area contributed by atoms with Crippen molar-refractivity contribution in [2.45, 2.75) is 39.3 Å². The molecule has 0 aromatic heterocycles. The molecule has 1 amide bonds. The molecule has 5 nitrogen and oxygen atoms in total. The molecule has 1 atom stereocenters. The second-order valence-corrected chi connectivity index (χ2v) is 6.57. The van der Waals surface area contributed by atoms with Gasteiger partial charge in [-0.2, -0.15) is 0 Å². The Bertz CT molecular complexity index is 537. The number of carbonyl (C=O) groups is 1. The Kier molecular flexibility index (Phi) is 4.96. The van der Waals surface area contributed by atoms with Crippen molar-refractivity contribution >= 4 is 6.09 Å². The topological polar surface area (TPSA) is 50.8 Å². The number of hydrogen-bond acceptors (Lipinski definition) is 4. The maximum absolute atomic E-state index is 12.5. The number of carbonyl (C=O) groups excluding carboxylic acids is 1. The van der Waals surface area contributed by atoms with Gasteiger partial charge in [-0.1, -0.05) is 12.1 Å². The van der Waals surface area contributed by atoms with Gasteiger partial charge in [0.2, 0.25) is 0 Å². The Morgan fingerprint density at radius 2 is 2.09 bits per heavy atom. The molecular weight excluding hydrogens is 280 g/mol. The summed E-state index contributed by atoms with van der Waals surface area (Å²) in [6, 6.07) is 5.90. The van der Waals surface area contributed by atoms with Crippen molar-refractivity contribution in [3.05, 3.63) is 29.3 Å². The van der Waals surface area contributed by atoms with Crippen molar-refractivity contribution < 1.29 is 14.3 Å². The monoisotopic (exact) mass is 306 g/mol. The van der Waals surface area contributed by atoms with Crippen LogP contribution in [0.4, 0.5) is 4.79 Å². The molecule has 1 heterocycles. The summed E-state index contributed by atoms with van der Waals surface area (Å²) >= 11 is 0. The number of nitrogens with zero attached hydrogens (tertiary/aromatic N) is 1. The highest BCUT2D eigenvalue weighted by Gasteiger charge is 2.32. The standard InChI is InChI=1S/C17H26N2O3/c1-12-13(7-6-8-15(12)21-5)14-11-18-9-10-19(14)16(20)22-17(2,3)4/h6-8,14,18H,9-11H2,1-5H3. The van der Waals surface area contributed by atoms with Gasteiger partial charge >= 0.3 is 6.09 Å². The average Bonchev–Trinajstić information content (AvgIpc) is 2.46. The maximum Gasteiger partial charge on any atom is 0.410 e. The van der Waals surface area contributed by atoms with Gasteiger partial charge in [-0.3, -0.25) is 4.90 Å². The Labute approximate surface area is 132 Å². The number of nitrogens with one attached hydrogen (secondary N) is 1. The molecule has 1 aromatic rings. The van der Waals surface area contributed by atoms with E-state index in [1.165, 1.54) is 0 Å². The van der Waals surface area contributed by atoms with Gasteiger partial charge in [0.1, 0.15) is 11.4 Å². The van der Waals surface area contributed by atoms with Crippen molar-refractivity contribution in [1.29, 1.82) is 0 Å². The molecule has 5 heteroatoms. The lowest BCUT2D eigenvalue weighted by molar-refractivity contribution is 0.0117. The van der Waals surface area contributed by atoms with Gasteiger partial charge in [-0.25, -0.2) is 4.79 Å². The van der Waals surface area contributed by atoms with Crippen molar-refractivity contribution in [3.8, 4) is 5.75 Å². The van der Waals surface area contributed by atoms with Crippen LogP contribution in [-0.2, 0) is 4.74 Å². The predicted octanol–water partition coefficient (Wildman–Crippen LogP) is 2.89. The van der Waals surface area contributed by atoms with E-state index in [4.69, 9.17) is 9.47 Å². The minimum absolute atomic E-state index is 0.0429. The van der Waals surface area contributed by atoms with Gasteiger partial charge in [-0.15, -0.1) is 0 Å². The summed E-state index contributed by atoms with van der Waals surface area (Å²) in [4.78, 5) is 14.3. The van der Waals surface area contributed by atoms with Crippen LogP contribution < -0.4 is 10.1 Å². The fraction of sp³-hybridized carbons (Fsp3) is 0.588. The minimum atomic E-state index is -0.490. The minimum Gasteiger partial charge on any atom is -0.496 e. The lowest BCUT2D eigenvalue weighted by Crippen LogP contribution is -2.50. The Morgan fingerprint density at radius 3 is 2.73 bits per heavy atom. The van der Waals surface area contributed by atoms with Gasteiger partial charge in [-0.05, 0) is 44.9 Å². The fourth-order valence-electron chi connectivity index (χ4n) is 2.73. The SMILES string of the molecule is COc1cccc(C2CNCCN2C(=O)OC(C)(C)C)c1C. The zero-order valence-electron chi connectivity index (χ0n) is 14.1. The zero-order chi connectivity index (χ0) is 16.3. The summed E-state index contributed by atoms with van der Waals surface area (Å²) < 4.78 is 11.0. The normalized spacial score (nSPS) is 19.0. The highest BCUT2D eigenvalue weighted by Crippen LogP contribution is 2.31. The summed E-state index contributed by atoms with van der Waals surface area (Å²) in [7, 11) is 1.66. The summed E-state index contributed by atoms with van der Waals surface area (Å²) in [5, 5.41) is 3.36. The number of methoxy groups -OCH3 is 1. The molecule has 1 saturated heterocycles. The molecule has 22 heavy (non-hydrogen) atoms. The van der Waals surface area contributed by atoms with E-state index in [2.05, 4.69) is 5.32 Å². The Balaban J connectivity index is 2.29. The molecule has 1 fully saturated rings. The molecule has 1 aliphatic rings. The third kappa shape index (κ3) is 3.71. The van der Waals surface area contributed by atoms with E-state index in [9.17, 15) is 4.79 Å². The number of benzene rings is 1. The van der Waals surface area contributed by atoms with E-state index in [1.807, 2.05) is 50.8 Å². The van der Waals surface area contributed by atoms with Crippen LogP contribution in [0.3, 0.4) is 0 Å². The molecule has 0 saturated carbocycles. The first kappa shape index (κ1) is 16.6. The van der Waals surface area contributed by atoms with E-state index in [-0.39, 0.29) is 12.1 Å². The zero-order valence-corrected chi connectivity index (χ0v) is 14.1. The number of piperazine rings is 1. The van der Waals surface area contributed by atoms with Gasteiger partial charge in [0.25, 0.3) is 0 Å². The van der Waals surface area contributed by atoms with Crippen LogP contribution in [0.5, 0.6) is 5.75 Å². The van der Waals surface area contributed by atoms with E-state index in [0.29, 0.717) is 13.1 Å². The van der Waals surface area contributed by atoms with E-state index in [0.717, 1.165) is 23.4 Å². The summed E-state index contributed by atoms with van der Waals surface area (Å²) in [5.41, 5.74) is 1.67. The average molecular weight is 306 g/mol. The number of ether oxygens (including phenoxy) is 2. The van der Waals surface area contributed by atoms with Crippen LogP contribution in [0, 0.1) is 6.92 Å². The quantitative estimate of drug-likeness (QED) is 0.913. The molecule has 1 aliphatic heterocycles. The number of hydrogen-bond donors (Lipinski definition) is 1. The van der Waals surface area contributed by atoms with Crippen molar-refractivity contribution in [2.24, 2.45) is 0 Å². The van der Waals surface area contributed by atoms with Crippen LogP contribution in [0.25, 0.3) is 0 Å². The lowest BCUT2D eigenvalue weighted by atomic mass is 9.98. The van der Waals surface area contributed by atoms with Crippen LogP contribution >= 0.6 is 0 Å². The Hall–Kier alpha value is -1.75. The van der Waals surface area contributed by atoms with Crippen molar-refractivity contribution in [2.75, 3.05) is 26.7 Å². The van der Waals surface area contributed by atoms with Gasteiger partial charge in [0, 0.05) is 19.6 Å². The molecule has 0 spiro atoms. The summed E-state index contributed by atoms with van der Waals surface area (Å²) in [6.45, 7) is 9.81. The molecular formula is C17H26N2O3. The first-order valence-corrected chi connectivity index (χ1v) is 7.67. The van der Waals surface area contributed by atoms with Gasteiger partial charge < -0.3 is 14.8 Å². The third-order valence-corrected chi connectivity index (χ3v) is 3.78. The molecule has 0 aliphatic carbocycles. The highest BCUT2D eigenvalue weighted by molar-refractivity contribution is 5.69. The second kappa shape index (κ2) is 6.57. The van der Waals surface area contributed by atoms with E-state index in [1.54, 1.807) is 7.11 Å². The van der Waals surface area contributed by atoms with Crippen molar-refractivity contribution in [3.63, 3.8) is 0 Å². The molecule has 0 bridgehead atoms. The predicted molar refractivity (Wildman–Crippen MR) is 86.3 cm³/mol. The van der Waals surface area contributed by atoms with Gasteiger partial charge in [0.15, 0.2) is 0 Å².